The van der Waals surface area contributed by atoms with Crippen molar-refractivity contribution in [2.75, 3.05) is 32.8 Å². The highest BCUT2D eigenvalue weighted by atomic mass is 15.2. The zero-order valence-corrected chi connectivity index (χ0v) is 6.47. The average molecular weight is 143 g/mol. The Bertz CT molecular complexity index is 78.9. The third-order valence-electron chi connectivity index (χ3n) is 1.95. The van der Waals surface area contributed by atoms with Crippen LogP contribution in [-0.2, 0) is 0 Å². The summed E-state index contributed by atoms with van der Waals surface area (Å²) in [5.74, 6) is 0. The van der Waals surface area contributed by atoms with Gasteiger partial charge in [0.25, 0.3) is 0 Å². The van der Waals surface area contributed by atoms with Crippen molar-refractivity contribution in [3.8, 4) is 0 Å². The molecule has 0 bridgehead atoms. The summed E-state index contributed by atoms with van der Waals surface area (Å²) in [5.41, 5.74) is 5.28. The predicted octanol–water partition coefficient (Wildman–Crippen LogP) is -0.412. The Morgan fingerprint density at radius 1 is 1.30 bits per heavy atom. The SMILES string of the molecule is NCNCCN1CCCC1. The summed E-state index contributed by atoms with van der Waals surface area (Å²) in [6.07, 6.45) is 2.76. The maximum absolute atomic E-state index is 5.28. The minimum absolute atomic E-state index is 0.605. The first-order valence-corrected chi connectivity index (χ1v) is 4.06. The molecule has 1 rings (SSSR count). The lowest BCUT2D eigenvalue weighted by atomic mass is 10.4. The molecule has 1 saturated heterocycles. The van der Waals surface area contributed by atoms with Crippen molar-refractivity contribution in [3.63, 3.8) is 0 Å². The maximum Gasteiger partial charge on any atom is 0.0429 e. The molecular weight excluding hydrogens is 126 g/mol. The molecule has 3 nitrogen and oxygen atoms in total. The van der Waals surface area contributed by atoms with Gasteiger partial charge in [0, 0.05) is 19.8 Å². The van der Waals surface area contributed by atoms with Crippen LogP contribution in [0.1, 0.15) is 12.8 Å². The Labute approximate surface area is 62.6 Å². The fourth-order valence-electron chi connectivity index (χ4n) is 1.35. The van der Waals surface area contributed by atoms with Gasteiger partial charge in [-0.1, -0.05) is 0 Å². The van der Waals surface area contributed by atoms with E-state index in [-0.39, 0.29) is 0 Å². The third kappa shape index (κ3) is 2.64. The second-order valence-electron chi connectivity index (χ2n) is 2.75. The van der Waals surface area contributed by atoms with E-state index in [4.69, 9.17) is 5.73 Å². The quantitative estimate of drug-likeness (QED) is 0.415. The molecule has 3 N–H and O–H groups in total. The fourth-order valence-corrected chi connectivity index (χ4v) is 1.35. The van der Waals surface area contributed by atoms with E-state index < -0.39 is 0 Å². The highest BCUT2D eigenvalue weighted by Crippen LogP contribution is 2.05. The van der Waals surface area contributed by atoms with Crippen molar-refractivity contribution in [1.29, 1.82) is 0 Å². The molecule has 60 valence electrons. The topological polar surface area (TPSA) is 41.3 Å². The molecule has 0 aromatic heterocycles. The number of hydrogen-bond acceptors (Lipinski definition) is 3. The van der Waals surface area contributed by atoms with Gasteiger partial charge in [-0.05, 0) is 25.9 Å². The van der Waals surface area contributed by atoms with Crippen molar-refractivity contribution in [1.82, 2.24) is 10.2 Å². The summed E-state index contributed by atoms with van der Waals surface area (Å²) in [5, 5.41) is 3.11. The Morgan fingerprint density at radius 3 is 2.60 bits per heavy atom. The molecule has 0 amide bonds. The molecule has 0 aromatic carbocycles. The van der Waals surface area contributed by atoms with E-state index in [0.29, 0.717) is 6.67 Å². The van der Waals surface area contributed by atoms with Crippen molar-refractivity contribution < 1.29 is 0 Å². The lowest BCUT2D eigenvalue weighted by Gasteiger charge is -2.13. The van der Waals surface area contributed by atoms with Gasteiger partial charge in [0.15, 0.2) is 0 Å². The highest BCUT2D eigenvalue weighted by Gasteiger charge is 2.09. The van der Waals surface area contributed by atoms with Gasteiger partial charge in [-0.25, -0.2) is 0 Å². The molecule has 1 heterocycles. The zero-order chi connectivity index (χ0) is 7.23. The van der Waals surface area contributed by atoms with Crippen molar-refractivity contribution >= 4 is 0 Å². The van der Waals surface area contributed by atoms with Crippen LogP contribution in [0.15, 0.2) is 0 Å². The minimum atomic E-state index is 0.605. The second kappa shape index (κ2) is 4.66. The summed E-state index contributed by atoms with van der Waals surface area (Å²) >= 11 is 0. The third-order valence-corrected chi connectivity index (χ3v) is 1.95. The molecule has 3 heteroatoms. The first-order chi connectivity index (χ1) is 4.93. The molecule has 1 aliphatic heterocycles. The van der Waals surface area contributed by atoms with Crippen LogP contribution in [0.2, 0.25) is 0 Å². The monoisotopic (exact) mass is 143 g/mol. The van der Waals surface area contributed by atoms with Gasteiger partial charge in [-0.15, -0.1) is 0 Å². The van der Waals surface area contributed by atoms with Crippen molar-refractivity contribution in [2.45, 2.75) is 12.8 Å². The van der Waals surface area contributed by atoms with Crippen LogP contribution in [-0.4, -0.2) is 37.7 Å². The molecule has 10 heavy (non-hydrogen) atoms. The summed E-state index contributed by atoms with van der Waals surface area (Å²) in [4.78, 5) is 2.47. The lowest BCUT2D eigenvalue weighted by molar-refractivity contribution is 0.337. The number of nitrogens with zero attached hydrogens (tertiary/aromatic N) is 1. The number of likely N-dealkylation sites (tertiary alicyclic amines) is 1. The molecule has 0 aromatic rings. The normalized spacial score (nSPS) is 20.1. The highest BCUT2D eigenvalue weighted by molar-refractivity contribution is 4.66. The number of hydrogen-bond donors (Lipinski definition) is 2. The smallest absolute Gasteiger partial charge is 0.0429 e. The van der Waals surface area contributed by atoms with E-state index in [2.05, 4.69) is 10.2 Å². The Hall–Kier alpha value is -0.120. The number of nitrogens with one attached hydrogen (secondary N) is 1. The van der Waals surface area contributed by atoms with E-state index in [1.54, 1.807) is 0 Å². The van der Waals surface area contributed by atoms with Gasteiger partial charge in [-0.2, -0.15) is 0 Å². The van der Waals surface area contributed by atoms with Crippen molar-refractivity contribution in [3.05, 3.63) is 0 Å². The molecule has 0 unspecified atom stereocenters. The van der Waals surface area contributed by atoms with E-state index in [9.17, 15) is 0 Å². The molecule has 0 spiro atoms. The van der Waals surface area contributed by atoms with Crippen LogP contribution in [0.4, 0.5) is 0 Å². The molecule has 0 aliphatic carbocycles. The summed E-state index contributed by atoms with van der Waals surface area (Å²) in [6.45, 7) is 5.38. The van der Waals surface area contributed by atoms with Gasteiger partial charge in [0.05, 0.1) is 0 Å². The van der Waals surface area contributed by atoms with Gasteiger partial charge < -0.3 is 16.0 Å². The summed E-state index contributed by atoms with van der Waals surface area (Å²) in [6, 6.07) is 0. The van der Waals surface area contributed by atoms with Gasteiger partial charge in [0.1, 0.15) is 0 Å². The molecule has 0 radical (unpaired) electrons. The van der Waals surface area contributed by atoms with Gasteiger partial charge >= 0.3 is 0 Å². The Morgan fingerprint density at radius 2 is 2.00 bits per heavy atom. The van der Waals surface area contributed by atoms with E-state index >= 15 is 0 Å². The Balaban J connectivity index is 1.91. The van der Waals surface area contributed by atoms with E-state index in [1.165, 1.54) is 25.9 Å². The molecular formula is C7H17N3. The summed E-state index contributed by atoms with van der Waals surface area (Å²) in [7, 11) is 0. The van der Waals surface area contributed by atoms with Crippen LogP contribution in [0.3, 0.4) is 0 Å². The maximum atomic E-state index is 5.28. The molecule has 0 atom stereocenters. The zero-order valence-electron chi connectivity index (χ0n) is 6.47. The molecule has 1 aliphatic rings. The van der Waals surface area contributed by atoms with Crippen molar-refractivity contribution in [2.24, 2.45) is 5.73 Å². The fraction of sp³-hybridized carbons (Fsp3) is 1.00. The van der Waals surface area contributed by atoms with E-state index in [1.807, 2.05) is 0 Å². The first-order valence-electron chi connectivity index (χ1n) is 4.06. The van der Waals surface area contributed by atoms with Crippen LogP contribution in [0.5, 0.6) is 0 Å². The predicted molar refractivity (Wildman–Crippen MR) is 42.7 cm³/mol. The molecule has 0 saturated carbocycles. The first kappa shape index (κ1) is 7.98. The van der Waals surface area contributed by atoms with Gasteiger partial charge in [-0.3, -0.25) is 0 Å². The lowest BCUT2D eigenvalue weighted by Crippen LogP contribution is -2.32. The van der Waals surface area contributed by atoms with Crippen LogP contribution < -0.4 is 11.1 Å². The van der Waals surface area contributed by atoms with Crippen LogP contribution in [0, 0.1) is 0 Å². The van der Waals surface area contributed by atoms with Gasteiger partial charge in [0.2, 0.25) is 0 Å². The summed E-state index contributed by atoms with van der Waals surface area (Å²) < 4.78 is 0. The standard InChI is InChI=1S/C7H17N3/c8-7-9-3-6-10-4-1-2-5-10/h9H,1-8H2. The Kier molecular flexibility index (Phi) is 3.72. The largest absolute Gasteiger partial charge is 0.318 e. The number of nitrogens with two attached hydrogens (primary N) is 1. The second-order valence-corrected chi connectivity index (χ2v) is 2.75. The molecule has 1 fully saturated rings. The number of rotatable bonds is 4. The average Bonchev–Trinajstić information content (AvgIpc) is 2.41. The van der Waals surface area contributed by atoms with Crippen LogP contribution in [0.25, 0.3) is 0 Å². The van der Waals surface area contributed by atoms with Crippen LogP contribution >= 0.6 is 0 Å². The minimum Gasteiger partial charge on any atom is -0.318 e. The van der Waals surface area contributed by atoms with E-state index in [0.717, 1.165) is 13.1 Å².